The van der Waals surface area contributed by atoms with E-state index in [4.69, 9.17) is 23.2 Å². The normalized spacial score (nSPS) is 12.3. The lowest BCUT2D eigenvalue weighted by Crippen LogP contribution is -2.52. The van der Waals surface area contributed by atoms with Crippen molar-refractivity contribution in [3.8, 4) is 0 Å². The summed E-state index contributed by atoms with van der Waals surface area (Å²) in [7, 11) is -3.79. The fourth-order valence-electron chi connectivity index (χ4n) is 3.40. The molecule has 0 unspecified atom stereocenters. The first-order chi connectivity index (χ1) is 16.3. The summed E-state index contributed by atoms with van der Waals surface area (Å²) in [6, 6.07) is 10.7. The SMILES string of the molecule is CC[C@@H](C(=O)NCC(C)C)N(Cc1ccc(Cl)cc1Cl)C(=O)CN(c1ccc(Br)cc1)S(C)(=O)=O. The molecule has 7 nitrogen and oxygen atoms in total. The summed E-state index contributed by atoms with van der Waals surface area (Å²) < 4.78 is 27.0. The number of hydrogen-bond donors (Lipinski definition) is 1. The Balaban J connectivity index is 2.44. The lowest BCUT2D eigenvalue weighted by atomic mass is 10.1. The molecule has 0 saturated heterocycles. The molecule has 35 heavy (non-hydrogen) atoms. The Labute approximate surface area is 225 Å². The van der Waals surface area contributed by atoms with Gasteiger partial charge in [0, 0.05) is 27.6 Å². The number of sulfonamides is 1. The van der Waals surface area contributed by atoms with Crippen molar-refractivity contribution in [2.75, 3.05) is 23.7 Å². The Bertz CT molecular complexity index is 1140. The zero-order valence-electron chi connectivity index (χ0n) is 20.1. The molecule has 2 aromatic carbocycles. The number of hydrogen-bond acceptors (Lipinski definition) is 4. The van der Waals surface area contributed by atoms with Crippen LogP contribution in [0.15, 0.2) is 46.9 Å². The number of benzene rings is 2. The summed E-state index contributed by atoms with van der Waals surface area (Å²) in [6.45, 7) is 5.74. The van der Waals surface area contributed by atoms with Gasteiger partial charge in [-0.2, -0.15) is 0 Å². The minimum atomic E-state index is -3.79. The predicted octanol–water partition coefficient (Wildman–Crippen LogP) is 5.10. The summed E-state index contributed by atoms with van der Waals surface area (Å²) in [4.78, 5) is 28.1. The number of nitrogens with one attached hydrogen (secondary N) is 1. The van der Waals surface area contributed by atoms with Crippen LogP contribution in [-0.4, -0.2) is 50.5 Å². The van der Waals surface area contributed by atoms with Crippen LogP contribution in [0, 0.1) is 5.92 Å². The number of amides is 2. The second-order valence-corrected chi connectivity index (χ2v) is 12.2. The van der Waals surface area contributed by atoms with Crippen molar-refractivity contribution >= 4 is 66.7 Å². The summed E-state index contributed by atoms with van der Waals surface area (Å²) in [5.41, 5.74) is 0.930. The molecule has 0 radical (unpaired) electrons. The van der Waals surface area contributed by atoms with Crippen molar-refractivity contribution in [3.63, 3.8) is 0 Å². The highest BCUT2D eigenvalue weighted by Gasteiger charge is 2.32. The standard InChI is InChI=1S/C24H30BrCl2N3O4S/c1-5-22(24(32)28-13-16(2)3)29(14-17-6-9-19(26)12-21(17)27)23(31)15-30(35(4,33)34)20-10-7-18(25)8-11-20/h6-12,16,22H,5,13-15H2,1-4H3,(H,28,32)/t22-/m0/s1. The van der Waals surface area contributed by atoms with Gasteiger partial charge < -0.3 is 10.2 Å². The molecule has 0 bridgehead atoms. The molecule has 192 valence electrons. The van der Waals surface area contributed by atoms with Gasteiger partial charge in [0.05, 0.1) is 11.9 Å². The topological polar surface area (TPSA) is 86.8 Å². The third-order valence-corrected chi connectivity index (χ3v) is 7.48. The smallest absolute Gasteiger partial charge is 0.244 e. The van der Waals surface area contributed by atoms with Crippen LogP contribution in [0.4, 0.5) is 5.69 Å². The van der Waals surface area contributed by atoms with Crippen LogP contribution >= 0.6 is 39.1 Å². The third-order valence-electron chi connectivity index (χ3n) is 5.22. The molecule has 2 amide bonds. The van der Waals surface area contributed by atoms with Crippen LogP contribution in [0.2, 0.25) is 10.0 Å². The maximum Gasteiger partial charge on any atom is 0.244 e. The van der Waals surface area contributed by atoms with Crippen molar-refractivity contribution < 1.29 is 18.0 Å². The number of carbonyl (C=O) groups excluding carboxylic acids is 2. The first-order valence-electron chi connectivity index (χ1n) is 11.1. The van der Waals surface area contributed by atoms with Crippen LogP contribution in [0.25, 0.3) is 0 Å². The van der Waals surface area contributed by atoms with Crippen LogP contribution in [0.5, 0.6) is 0 Å². The van der Waals surface area contributed by atoms with Gasteiger partial charge in [0.15, 0.2) is 0 Å². The average molecular weight is 607 g/mol. The van der Waals surface area contributed by atoms with Crippen LogP contribution in [-0.2, 0) is 26.2 Å². The van der Waals surface area contributed by atoms with E-state index in [1.54, 1.807) is 49.4 Å². The van der Waals surface area contributed by atoms with E-state index < -0.39 is 28.5 Å². The van der Waals surface area contributed by atoms with Crippen molar-refractivity contribution in [1.82, 2.24) is 10.2 Å². The van der Waals surface area contributed by atoms with Gasteiger partial charge in [-0.1, -0.05) is 66.0 Å². The highest BCUT2D eigenvalue weighted by molar-refractivity contribution is 9.10. The summed E-state index contributed by atoms with van der Waals surface area (Å²) >= 11 is 15.7. The molecule has 0 fully saturated rings. The van der Waals surface area contributed by atoms with E-state index in [-0.39, 0.29) is 18.4 Å². The molecule has 0 heterocycles. The maximum absolute atomic E-state index is 13.6. The fraction of sp³-hybridized carbons (Fsp3) is 0.417. The fourth-order valence-corrected chi connectivity index (χ4v) is 4.98. The molecule has 1 N–H and O–H groups in total. The van der Waals surface area contributed by atoms with E-state index in [0.29, 0.717) is 34.3 Å². The number of halogens is 3. The number of nitrogens with zero attached hydrogens (tertiary/aromatic N) is 2. The first kappa shape index (κ1) is 29.4. The van der Waals surface area contributed by atoms with E-state index in [2.05, 4.69) is 21.2 Å². The Hall–Kier alpha value is -1.81. The number of anilines is 1. The van der Waals surface area contributed by atoms with Crippen LogP contribution in [0.1, 0.15) is 32.8 Å². The van der Waals surface area contributed by atoms with Crippen molar-refractivity contribution in [1.29, 1.82) is 0 Å². The zero-order chi connectivity index (χ0) is 26.3. The summed E-state index contributed by atoms with van der Waals surface area (Å²) in [5, 5.41) is 3.66. The van der Waals surface area contributed by atoms with Gasteiger partial charge in [-0.15, -0.1) is 0 Å². The van der Waals surface area contributed by atoms with E-state index >= 15 is 0 Å². The molecule has 0 spiro atoms. The van der Waals surface area contributed by atoms with Gasteiger partial charge in [0.1, 0.15) is 12.6 Å². The maximum atomic E-state index is 13.6. The van der Waals surface area contributed by atoms with Gasteiger partial charge in [0.2, 0.25) is 21.8 Å². The van der Waals surface area contributed by atoms with Gasteiger partial charge in [-0.05, 0) is 54.3 Å². The molecule has 2 aromatic rings. The van der Waals surface area contributed by atoms with Crippen molar-refractivity contribution in [2.24, 2.45) is 5.92 Å². The lowest BCUT2D eigenvalue weighted by Gasteiger charge is -2.33. The summed E-state index contributed by atoms with van der Waals surface area (Å²) in [6.07, 6.45) is 1.37. The minimum Gasteiger partial charge on any atom is -0.354 e. The lowest BCUT2D eigenvalue weighted by molar-refractivity contribution is -0.140. The van der Waals surface area contributed by atoms with Gasteiger partial charge >= 0.3 is 0 Å². The van der Waals surface area contributed by atoms with E-state index in [1.165, 1.54) is 4.90 Å². The number of carbonyl (C=O) groups is 2. The van der Waals surface area contributed by atoms with Crippen LogP contribution in [0.3, 0.4) is 0 Å². The Morgan fingerprint density at radius 2 is 1.71 bits per heavy atom. The second kappa shape index (κ2) is 12.9. The Kier molecular flexibility index (Phi) is 10.9. The average Bonchev–Trinajstić information content (AvgIpc) is 2.77. The highest BCUT2D eigenvalue weighted by atomic mass is 79.9. The molecule has 0 aliphatic heterocycles. The highest BCUT2D eigenvalue weighted by Crippen LogP contribution is 2.25. The third kappa shape index (κ3) is 8.66. The van der Waals surface area contributed by atoms with Gasteiger partial charge in [-0.25, -0.2) is 8.42 Å². The zero-order valence-corrected chi connectivity index (χ0v) is 24.0. The molecule has 0 aliphatic carbocycles. The van der Waals surface area contributed by atoms with E-state index in [1.807, 2.05) is 13.8 Å². The second-order valence-electron chi connectivity index (χ2n) is 8.57. The monoisotopic (exact) mass is 605 g/mol. The molecule has 11 heteroatoms. The largest absolute Gasteiger partial charge is 0.354 e. The van der Waals surface area contributed by atoms with E-state index in [9.17, 15) is 18.0 Å². The molecule has 0 saturated carbocycles. The van der Waals surface area contributed by atoms with E-state index in [0.717, 1.165) is 15.0 Å². The number of rotatable bonds is 11. The predicted molar refractivity (Wildman–Crippen MR) is 145 cm³/mol. The molecule has 0 aliphatic rings. The summed E-state index contributed by atoms with van der Waals surface area (Å²) in [5.74, 6) is -0.616. The Morgan fingerprint density at radius 3 is 2.23 bits per heavy atom. The van der Waals surface area contributed by atoms with Gasteiger partial charge in [-0.3, -0.25) is 13.9 Å². The molecular formula is C24H30BrCl2N3O4S. The van der Waals surface area contributed by atoms with Crippen LogP contribution < -0.4 is 9.62 Å². The molecule has 0 aromatic heterocycles. The first-order valence-corrected chi connectivity index (χ1v) is 14.5. The molecule has 2 rings (SSSR count). The van der Waals surface area contributed by atoms with Crippen molar-refractivity contribution in [3.05, 3.63) is 62.5 Å². The molecule has 1 atom stereocenters. The van der Waals surface area contributed by atoms with Crippen molar-refractivity contribution in [2.45, 2.75) is 39.8 Å². The molecular weight excluding hydrogens is 577 g/mol. The quantitative estimate of drug-likeness (QED) is 0.385. The minimum absolute atomic E-state index is 0.0143. The van der Waals surface area contributed by atoms with Gasteiger partial charge in [0.25, 0.3) is 0 Å². The Morgan fingerprint density at radius 1 is 1.09 bits per heavy atom.